The molecule has 0 aliphatic heterocycles. The summed E-state index contributed by atoms with van der Waals surface area (Å²) in [7, 11) is 1.68. The predicted molar refractivity (Wildman–Crippen MR) is 74.6 cm³/mol. The molecular weight excluding hydrogens is 280 g/mol. The van der Waals surface area contributed by atoms with Gasteiger partial charge in [0.1, 0.15) is 0 Å². The second kappa shape index (κ2) is 5.70. The summed E-state index contributed by atoms with van der Waals surface area (Å²) in [4.78, 5) is 13.3. The summed E-state index contributed by atoms with van der Waals surface area (Å²) in [6, 6.07) is 7.48. The smallest absolute Gasteiger partial charge is 0.251 e. The quantitative estimate of drug-likeness (QED) is 0.775. The molecule has 1 N–H and O–H groups in total. The summed E-state index contributed by atoms with van der Waals surface area (Å²) in [5.41, 5.74) is 1.58. The predicted octanol–water partition coefficient (Wildman–Crippen LogP) is 0.815. The van der Waals surface area contributed by atoms with Gasteiger partial charge in [0.2, 0.25) is 0 Å². The third-order valence-electron chi connectivity index (χ3n) is 2.75. The molecule has 0 saturated carbocycles. The first-order valence-corrected chi connectivity index (χ1v) is 5.80. The van der Waals surface area contributed by atoms with Crippen molar-refractivity contribution in [2.45, 2.75) is 6.54 Å². The molecule has 3 aromatic rings. The number of amides is 1. The molecule has 3 rings (SSSR count). The Morgan fingerprint density at radius 2 is 2.20 bits per heavy atom. The van der Waals surface area contributed by atoms with Crippen molar-refractivity contribution in [3.63, 3.8) is 0 Å². The first-order valence-electron chi connectivity index (χ1n) is 5.80. The summed E-state index contributed by atoms with van der Waals surface area (Å²) in [6.07, 6.45) is 3.78. The van der Waals surface area contributed by atoms with Crippen molar-refractivity contribution in [1.29, 1.82) is 0 Å². The second-order valence-corrected chi connectivity index (χ2v) is 4.13. The molecule has 0 radical (unpaired) electrons. The van der Waals surface area contributed by atoms with Crippen molar-refractivity contribution in [1.82, 2.24) is 29.9 Å². The molecule has 0 saturated heterocycles. The van der Waals surface area contributed by atoms with E-state index in [-0.39, 0.29) is 24.9 Å². The van der Waals surface area contributed by atoms with Crippen LogP contribution in [-0.4, -0.2) is 30.5 Å². The van der Waals surface area contributed by atoms with Gasteiger partial charge in [-0.25, -0.2) is 0 Å². The molecule has 1 amide bonds. The third-order valence-corrected chi connectivity index (χ3v) is 2.75. The lowest BCUT2D eigenvalue weighted by atomic mass is 10.2. The van der Waals surface area contributed by atoms with Crippen molar-refractivity contribution in [3.8, 4) is 0 Å². The lowest BCUT2D eigenvalue weighted by molar-refractivity contribution is 0.0950. The van der Waals surface area contributed by atoms with Crippen LogP contribution in [0.25, 0.3) is 5.52 Å². The van der Waals surface area contributed by atoms with Gasteiger partial charge in [-0.1, -0.05) is 0 Å². The van der Waals surface area contributed by atoms with E-state index >= 15 is 0 Å². The Balaban J connectivity index is 0.00000147. The van der Waals surface area contributed by atoms with Crippen LogP contribution in [0.1, 0.15) is 16.2 Å². The largest absolute Gasteiger partial charge is 0.345 e. The Morgan fingerprint density at radius 1 is 1.35 bits per heavy atom. The van der Waals surface area contributed by atoms with Crippen LogP contribution in [0, 0.1) is 0 Å². The van der Waals surface area contributed by atoms with E-state index in [1.165, 1.54) is 4.80 Å². The van der Waals surface area contributed by atoms with Crippen LogP contribution in [0.15, 0.2) is 36.7 Å². The van der Waals surface area contributed by atoms with Gasteiger partial charge in [-0.05, 0) is 29.5 Å². The molecule has 3 aromatic heterocycles. The number of aryl methyl sites for hydroxylation is 1. The van der Waals surface area contributed by atoms with Crippen LogP contribution in [0.5, 0.6) is 0 Å². The van der Waals surface area contributed by atoms with Crippen molar-refractivity contribution in [3.05, 3.63) is 48.0 Å². The van der Waals surface area contributed by atoms with E-state index in [4.69, 9.17) is 0 Å². The minimum absolute atomic E-state index is 0. The van der Waals surface area contributed by atoms with Gasteiger partial charge in [0.25, 0.3) is 5.91 Å². The maximum Gasteiger partial charge on any atom is 0.251 e. The van der Waals surface area contributed by atoms with Gasteiger partial charge in [0.05, 0.1) is 13.6 Å². The summed E-state index contributed by atoms with van der Waals surface area (Å²) in [5.74, 6) is 0.329. The van der Waals surface area contributed by atoms with Gasteiger partial charge in [-0.15, -0.1) is 22.6 Å². The zero-order valence-electron chi connectivity index (χ0n) is 10.7. The van der Waals surface area contributed by atoms with Crippen LogP contribution in [0.4, 0.5) is 0 Å². The molecule has 3 heterocycles. The fourth-order valence-electron chi connectivity index (χ4n) is 1.83. The van der Waals surface area contributed by atoms with Crippen molar-refractivity contribution in [2.24, 2.45) is 7.05 Å². The van der Waals surface area contributed by atoms with Gasteiger partial charge in [-0.3, -0.25) is 4.79 Å². The number of halogens is 1. The lowest BCUT2D eigenvalue weighted by Crippen LogP contribution is -2.23. The van der Waals surface area contributed by atoms with E-state index in [0.29, 0.717) is 11.4 Å². The summed E-state index contributed by atoms with van der Waals surface area (Å²) in [6.45, 7) is 0.263. The fourth-order valence-corrected chi connectivity index (χ4v) is 1.83. The molecule has 104 valence electrons. The highest BCUT2D eigenvalue weighted by molar-refractivity contribution is 5.95. The zero-order chi connectivity index (χ0) is 13.2. The van der Waals surface area contributed by atoms with Gasteiger partial charge >= 0.3 is 0 Å². The Bertz CT molecular complexity index is 734. The van der Waals surface area contributed by atoms with Crippen LogP contribution < -0.4 is 5.32 Å². The minimum atomic E-state index is -0.156. The standard InChI is InChI=1S/C12H12N6O.ClH/c1-17-15-11(14-16-17)8-13-12(19)9-4-6-18-5-2-3-10(18)7-9;/h2-7H,8H2,1H3,(H,13,19);1H. The summed E-state index contributed by atoms with van der Waals surface area (Å²) < 4.78 is 1.95. The number of carbonyl (C=O) groups excluding carboxylic acids is 1. The number of tetrazole rings is 1. The number of nitrogens with zero attached hydrogens (tertiary/aromatic N) is 5. The molecule has 0 aromatic carbocycles. The van der Waals surface area contributed by atoms with E-state index in [9.17, 15) is 4.79 Å². The van der Waals surface area contributed by atoms with E-state index in [2.05, 4.69) is 20.7 Å². The zero-order valence-corrected chi connectivity index (χ0v) is 11.5. The van der Waals surface area contributed by atoms with E-state index < -0.39 is 0 Å². The SMILES string of the molecule is Cl.Cn1nnc(CNC(=O)c2ccn3cccc3c2)n1. The number of pyridine rings is 1. The highest BCUT2D eigenvalue weighted by Gasteiger charge is 2.08. The van der Waals surface area contributed by atoms with Crippen LogP contribution in [0.3, 0.4) is 0 Å². The number of rotatable bonds is 3. The number of carbonyl (C=O) groups is 1. The average Bonchev–Trinajstić information content (AvgIpc) is 3.03. The molecule has 0 bridgehead atoms. The minimum Gasteiger partial charge on any atom is -0.345 e. The normalized spacial score (nSPS) is 10.2. The highest BCUT2D eigenvalue weighted by Crippen LogP contribution is 2.08. The molecule has 0 atom stereocenters. The molecular formula is C12H13ClN6O. The maximum atomic E-state index is 12.0. The van der Waals surface area contributed by atoms with E-state index in [1.807, 2.05) is 35.0 Å². The van der Waals surface area contributed by atoms with Crippen LogP contribution >= 0.6 is 12.4 Å². The van der Waals surface area contributed by atoms with Gasteiger partial charge in [0, 0.05) is 23.5 Å². The fraction of sp³-hybridized carbons (Fsp3) is 0.167. The molecule has 0 fully saturated rings. The molecule has 0 aliphatic carbocycles. The molecule has 7 nitrogen and oxygen atoms in total. The molecule has 0 unspecified atom stereocenters. The Morgan fingerprint density at radius 3 is 2.95 bits per heavy atom. The third kappa shape index (κ3) is 2.77. The molecule has 8 heteroatoms. The van der Waals surface area contributed by atoms with Crippen LogP contribution in [-0.2, 0) is 13.6 Å². The van der Waals surface area contributed by atoms with Gasteiger partial charge in [0.15, 0.2) is 5.82 Å². The lowest BCUT2D eigenvalue weighted by Gasteiger charge is -2.03. The number of hydrogen-bond acceptors (Lipinski definition) is 4. The van der Waals surface area contributed by atoms with Gasteiger partial charge < -0.3 is 9.72 Å². The van der Waals surface area contributed by atoms with Crippen molar-refractivity contribution >= 4 is 23.8 Å². The number of fused-ring (bicyclic) bond motifs is 1. The van der Waals surface area contributed by atoms with E-state index in [1.54, 1.807) is 13.1 Å². The number of hydrogen-bond donors (Lipinski definition) is 1. The highest BCUT2D eigenvalue weighted by atomic mass is 35.5. The summed E-state index contributed by atoms with van der Waals surface area (Å²) >= 11 is 0. The van der Waals surface area contributed by atoms with E-state index in [0.717, 1.165) is 5.52 Å². The van der Waals surface area contributed by atoms with Gasteiger partial charge in [-0.2, -0.15) is 4.80 Å². The first-order chi connectivity index (χ1) is 9.22. The second-order valence-electron chi connectivity index (χ2n) is 4.13. The van der Waals surface area contributed by atoms with Crippen LogP contribution in [0.2, 0.25) is 0 Å². The Kier molecular flexibility index (Phi) is 3.99. The topological polar surface area (TPSA) is 77.1 Å². The molecule has 0 spiro atoms. The Labute approximate surface area is 121 Å². The van der Waals surface area contributed by atoms with Crippen molar-refractivity contribution in [2.75, 3.05) is 0 Å². The number of nitrogens with one attached hydrogen (secondary N) is 1. The molecule has 0 aliphatic rings. The number of aromatic nitrogens is 5. The monoisotopic (exact) mass is 292 g/mol. The Hall–Kier alpha value is -2.41. The van der Waals surface area contributed by atoms with Crippen molar-refractivity contribution < 1.29 is 4.79 Å². The molecule has 20 heavy (non-hydrogen) atoms. The maximum absolute atomic E-state index is 12.0. The first kappa shape index (κ1) is 14.0. The average molecular weight is 293 g/mol. The summed E-state index contributed by atoms with van der Waals surface area (Å²) in [5, 5.41) is 14.3.